The Morgan fingerprint density at radius 1 is 1.17 bits per heavy atom. The van der Waals surface area contributed by atoms with Gasteiger partial charge in [0.15, 0.2) is 11.5 Å². The van der Waals surface area contributed by atoms with E-state index in [4.69, 9.17) is 4.52 Å². The molecule has 0 radical (unpaired) electrons. The van der Waals surface area contributed by atoms with Gasteiger partial charge in [0.1, 0.15) is 0 Å². The number of hydrogen-bond donors (Lipinski definition) is 0. The highest BCUT2D eigenvalue weighted by Crippen LogP contribution is 2.26. The van der Waals surface area contributed by atoms with Crippen molar-refractivity contribution in [2.45, 2.75) is 25.8 Å². The molecule has 116 valence electrons. The number of amides is 1. The van der Waals surface area contributed by atoms with Crippen molar-refractivity contribution < 1.29 is 9.32 Å². The normalized spacial score (nSPS) is 17.8. The molecule has 0 spiro atoms. The van der Waals surface area contributed by atoms with Crippen LogP contribution in [0.1, 0.15) is 30.3 Å². The fourth-order valence-corrected chi connectivity index (χ4v) is 3.24. The summed E-state index contributed by atoms with van der Waals surface area (Å²) in [6.07, 6.45) is 2.11. The van der Waals surface area contributed by atoms with Crippen molar-refractivity contribution in [2.75, 3.05) is 6.54 Å². The molecule has 2 aromatic carbocycles. The number of nitrogens with zero attached hydrogens (tertiary/aromatic N) is 2. The molecule has 1 amide bonds. The molecule has 0 aliphatic carbocycles. The Hall–Kier alpha value is -2.62. The molecule has 0 bridgehead atoms. The topological polar surface area (TPSA) is 46.3 Å². The van der Waals surface area contributed by atoms with Crippen LogP contribution >= 0.6 is 0 Å². The van der Waals surface area contributed by atoms with E-state index < -0.39 is 0 Å². The molecule has 23 heavy (non-hydrogen) atoms. The number of likely N-dealkylation sites (tertiary alicyclic amines) is 1. The number of rotatable bonds is 2. The second kappa shape index (κ2) is 5.54. The number of hydrogen-bond acceptors (Lipinski definition) is 3. The van der Waals surface area contributed by atoms with Crippen molar-refractivity contribution in [3.05, 3.63) is 54.2 Å². The van der Waals surface area contributed by atoms with Crippen LogP contribution in [0.5, 0.6) is 0 Å². The summed E-state index contributed by atoms with van der Waals surface area (Å²) in [6.45, 7) is 2.88. The Kier molecular flexibility index (Phi) is 3.37. The van der Waals surface area contributed by atoms with E-state index in [9.17, 15) is 4.79 Å². The van der Waals surface area contributed by atoms with E-state index in [2.05, 4.69) is 36.3 Å². The minimum absolute atomic E-state index is 0.0363. The van der Waals surface area contributed by atoms with Crippen LogP contribution < -0.4 is 0 Å². The van der Waals surface area contributed by atoms with Crippen LogP contribution in [0.4, 0.5) is 0 Å². The van der Waals surface area contributed by atoms with E-state index in [0.29, 0.717) is 11.5 Å². The highest BCUT2D eigenvalue weighted by molar-refractivity contribution is 5.94. The van der Waals surface area contributed by atoms with Gasteiger partial charge in [-0.15, -0.1) is 0 Å². The number of carbonyl (C=O) groups excluding carboxylic acids is 1. The second-order valence-corrected chi connectivity index (χ2v) is 6.13. The summed E-state index contributed by atoms with van der Waals surface area (Å²) in [5.41, 5.74) is 1.33. The van der Waals surface area contributed by atoms with E-state index >= 15 is 0 Å². The van der Waals surface area contributed by atoms with Crippen LogP contribution in [0.2, 0.25) is 0 Å². The molecule has 1 saturated heterocycles. The lowest BCUT2D eigenvalue weighted by Crippen LogP contribution is -2.33. The first-order valence-electron chi connectivity index (χ1n) is 7.99. The molecule has 3 aromatic rings. The van der Waals surface area contributed by atoms with Gasteiger partial charge in [-0.2, -0.15) is 0 Å². The van der Waals surface area contributed by atoms with E-state index in [1.54, 1.807) is 6.07 Å². The van der Waals surface area contributed by atoms with Crippen LogP contribution in [-0.2, 0) is 0 Å². The maximum absolute atomic E-state index is 12.5. The third-order valence-corrected chi connectivity index (χ3v) is 4.58. The Morgan fingerprint density at radius 3 is 2.78 bits per heavy atom. The molecule has 4 heteroatoms. The molecule has 2 heterocycles. The highest BCUT2D eigenvalue weighted by Gasteiger charge is 2.28. The van der Waals surface area contributed by atoms with Crippen molar-refractivity contribution in [3.8, 4) is 11.3 Å². The van der Waals surface area contributed by atoms with E-state index in [0.717, 1.165) is 30.3 Å². The minimum atomic E-state index is -0.0363. The Bertz CT molecular complexity index is 868. The molecule has 1 fully saturated rings. The molecule has 1 aliphatic rings. The maximum Gasteiger partial charge on any atom is 0.276 e. The van der Waals surface area contributed by atoms with Gasteiger partial charge in [0.2, 0.25) is 0 Å². The van der Waals surface area contributed by atoms with Crippen LogP contribution in [0.15, 0.2) is 53.1 Å². The molecule has 1 aliphatic heterocycles. The van der Waals surface area contributed by atoms with Gasteiger partial charge in [-0.3, -0.25) is 4.79 Å². The lowest BCUT2D eigenvalue weighted by Gasteiger charge is -2.19. The standard InChI is InChI=1S/C19H18N2O2/c1-13-5-4-10-21(13)19(22)17-12-18(23-20-17)16-9-8-14-6-2-3-7-15(14)11-16/h2-3,6-9,11-13H,4-5,10H2,1H3/t13-/m1/s1. The van der Waals surface area contributed by atoms with Gasteiger partial charge in [-0.25, -0.2) is 0 Å². The molecule has 0 N–H and O–H groups in total. The zero-order chi connectivity index (χ0) is 15.8. The number of fused-ring (bicyclic) bond motifs is 1. The Morgan fingerprint density at radius 2 is 2.00 bits per heavy atom. The highest BCUT2D eigenvalue weighted by atomic mass is 16.5. The molecule has 4 nitrogen and oxygen atoms in total. The fourth-order valence-electron chi connectivity index (χ4n) is 3.24. The summed E-state index contributed by atoms with van der Waals surface area (Å²) < 4.78 is 5.42. The number of carbonyl (C=O) groups is 1. The molecule has 0 saturated carbocycles. The van der Waals surface area contributed by atoms with Crippen LogP contribution in [0, 0.1) is 0 Å². The first-order chi connectivity index (χ1) is 11.2. The lowest BCUT2D eigenvalue weighted by atomic mass is 10.1. The summed E-state index contributed by atoms with van der Waals surface area (Å²) in [5, 5.41) is 6.31. The van der Waals surface area contributed by atoms with Gasteiger partial charge in [0.05, 0.1) is 0 Å². The van der Waals surface area contributed by atoms with Crippen molar-refractivity contribution in [2.24, 2.45) is 0 Å². The van der Waals surface area contributed by atoms with Crippen LogP contribution in [0.3, 0.4) is 0 Å². The largest absolute Gasteiger partial charge is 0.355 e. The van der Waals surface area contributed by atoms with Gasteiger partial charge in [0, 0.05) is 24.2 Å². The average Bonchev–Trinajstić information content (AvgIpc) is 3.23. The second-order valence-electron chi connectivity index (χ2n) is 6.13. The monoisotopic (exact) mass is 306 g/mol. The minimum Gasteiger partial charge on any atom is -0.355 e. The van der Waals surface area contributed by atoms with Gasteiger partial charge in [0.25, 0.3) is 5.91 Å². The molecular formula is C19H18N2O2. The van der Waals surface area contributed by atoms with Gasteiger partial charge in [-0.1, -0.05) is 41.6 Å². The number of benzene rings is 2. The molecule has 1 aromatic heterocycles. The van der Waals surface area contributed by atoms with Crippen molar-refractivity contribution in [1.82, 2.24) is 10.1 Å². The summed E-state index contributed by atoms with van der Waals surface area (Å²) in [5.74, 6) is 0.594. The van der Waals surface area contributed by atoms with Gasteiger partial charge >= 0.3 is 0 Å². The molecular weight excluding hydrogens is 288 g/mol. The summed E-state index contributed by atoms with van der Waals surface area (Å²) in [4.78, 5) is 14.4. The van der Waals surface area contributed by atoms with Crippen molar-refractivity contribution >= 4 is 16.7 Å². The molecule has 0 unspecified atom stereocenters. The third kappa shape index (κ3) is 2.50. The maximum atomic E-state index is 12.5. The van der Waals surface area contributed by atoms with Crippen molar-refractivity contribution in [1.29, 1.82) is 0 Å². The number of aromatic nitrogens is 1. The average molecular weight is 306 g/mol. The van der Waals surface area contributed by atoms with Gasteiger partial charge < -0.3 is 9.42 Å². The lowest BCUT2D eigenvalue weighted by molar-refractivity contribution is 0.0737. The van der Waals surface area contributed by atoms with Crippen molar-refractivity contribution in [3.63, 3.8) is 0 Å². The Balaban J connectivity index is 1.65. The quantitative estimate of drug-likeness (QED) is 0.715. The van der Waals surface area contributed by atoms with Gasteiger partial charge in [-0.05, 0) is 36.6 Å². The SMILES string of the molecule is C[C@@H]1CCCN1C(=O)c1cc(-c2ccc3ccccc3c2)on1. The summed E-state index contributed by atoms with van der Waals surface area (Å²) in [7, 11) is 0. The predicted octanol–water partition coefficient (Wildman–Crippen LogP) is 4.12. The van der Waals surface area contributed by atoms with Crippen LogP contribution in [0.25, 0.3) is 22.1 Å². The third-order valence-electron chi connectivity index (χ3n) is 4.58. The zero-order valence-corrected chi connectivity index (χ0v) is 13.0. The van der Waals surface area contributed by atoms with E-state index in [-0.39, 0.29) is 11.9 Å². The first kappa shape index (κ1) is 14.0. The van der Waals surface area contributed by atoms with E-state index in [1.165, 1.54) is 5.39 Å². The smallest absolute Gasteiger partial charge is 0.276 e. The summed E-state index contributed by atoms with van der Waals surface area (Å²) in [6, 6.07) is 16.3. The predicted molar refractivity (Wildman–Crippen MR) is 89.2 cm³/mol. The van der Waals surface area contributed by atoms with Crippen LogP contribution in [-0.4, -0.2) is 28.6 Å². The fraction of sp³-hybridized carbons (Fsp3) is 0.263. The molecule has 1 atom stereocenters. The molecule has 4 rings (SSSR count). The van der Waals surface area contributed by atoms with E-state index in [1.807, 2.05) is 23.1 Å². The summed E-state index contributed by atoms with van der Waals surface area (Å²) >= 11 is 0. The first-order valence-corrected chi connectivity index (χ1v) is 7.99. The zero-order valence-electron chi connectivity index (χ0n) is 13.0. The Labute approximate surface area is 134 Å².